The number of nitrogens with zero attached hydrogens (tertiary/aromatic N) is 3. The van der Waals surface area contributed by atoms with Crippen LogP contribution < -0.4 is 5.32 Å². The van der Waals surface area contributed by atoms with Gasteiger partial charge in [0.15, 0.2) is 0 Å². The molecule has 0 aliphatic carbocycles. The Kier molecular flexibility index (Phi) is 4.62. The molecule has 0 radical (unpaired) electrons. The largest absolute Gasteiger partial charge is 0.375 e. The molecule has 1 atom stereocenters. The molecule has 2 fully saturated rings. The van der Waals surface area contributed by atoms with Crippen molar-refractivity contribution < 1.29 is 4.74 Å². The lowest BCUT2D eigenvalue weighted by Crippen LogP contribution is -2.52. The van der Waals surface area contributed by atoms with Crippen LogP contribution in [0.2, 0.25) is 0 Å². The zero-order chi connectivity index (χ0) is 14.7. The van der Waals surface area contributed by atoms with Crippen molar-refractivity contribution in [2.75, 3.05) is 33.3 Å². The highest BCUT2D eigenvalue weighted by atomic mass is 16.5. The van der Waals surface area contributed by atoms with E-state index in [0.717, 1.165) is 32.7 Å². The number of aromatic nitrogens is 2. The summed E-state index contributed by atoms with van der Waals surface area (Å²) in [6, 6.07) is 0.661. The van der Waals surface area contributed by atoms with Crippen LogP contribution in [-0.4, -0.2) is 59.6 Å². The third kappa shape index (κ3) is 3.65. The maximum absolute atomic E-state index is 6.17. The number of aryl methyl sites for hydroxylation is 1. The maximum Gasteiger partial charge on any atom is 0.0721 e. The fourth-order valence-electron chi connectivity index (χ4n) is 3.70. The Bertz CT molecular complexity index is 447. The molecule has 1 aromatic heterocycles. The Morgan fingerprint density at radius 1 is 1.48 bits per heavy atom. The van der Waals surface area contributed by atoms with Gasteiger partial charge in [0.25, 0.3) is 0 Å². The number of piperidine rings is 1. The van der Waals surface area contributed by atoms with Crippen LogP contribution in [0.15, 0.2) is 12.4 Å². The molecule has 0 amide bonds. The summed E-state index contributed by atoms with van der Waals surface area (Å²) in [4.78, 5) is 2.53. The van der Waals surface area contributed by atoms with Gasteiger partial charge in [-0.2, -0.15) is 5.10 Å². The van der Waals surface area contributed by atoms with E-state index in [0.29, 0.717) is 6.04 Å². The van der Waals surface area contributed by atoms with Crippen LogP contribution in [0.1, 0.15) is 31.2 Å². The Labute approximate surface area is 127 Å². The minimum absolute atomic E-state index is 0.150. The van der Waals surface area contributed by atoms with Gasteiger partial charge < -0.3 is 15.0 Å². The van der Waals surface area contributed by atoms with Crippen LogP contribution in [0.3, 0.4) is 0 Å². The predicted molar refractivity (Wildman–Crippen MR) is 83.4 cm³/mol. The van der Waals surface area contributed by atoms with E-state index < -0.39 is 0 Å². The molecule has 2 aliphatic heterocycles. The van der Waals surface area contributed by atoms with Crippen molar-refractivity contribution in [3.8, 4) is 0 Å². The van der Waals surface area contributed by atoms with Crippen molar-refractivity contribution in [1.29, 1.82) is 0 Å². The van der Waals surface area contributed by atoms with Crippen molar-refractivity contribution in [2.24, 2.45) is 7.05 Å². The van der Waals surface area contributed by atoms with E-state index in [9.17, 15) is 0 Å². The minimum Gasteiger partial charge on any atom is -0.375 e. The van der Waals surface area contributed by atoms with Gasteiger partial charge in [-0.25, -0.2) is 0 Å². The van der Waals surface area contributed by atoms with Crippen LogP contribution >= 0.6 is 0 Å². The minimum atomic E-state index is 0.150. The molecule has 0 bridgehead atoms. The third-order valence-electron chi connectivity index (χ3n) is 5.12. The highest BCUT2D eigenvalue weighted by Crippen LogP contribution is 2.34. The Morgan fingerprint density at radius 3 is 3.00 bits per heavy atom. The molecule has 5 nitrogen and oxygen atoms in total. The van der Waals surface area contributed by atoms with Crippen LogP contribution in [0.4, 0.5) is 0 Å². The Morgan fingerprint density at radius 2 is 2.29 bits per heavy atom. The third-order valence-corrected chi connectivity index (χ3v) is 5.12. The monoisotopic (exact) mass is 292 g/mol. The Balaban J connectivity index is 1.52. The van der Waals surface area contributed by atoms with Crippen molar-refractivity contribution in [3.05, 3.63) is 18.0 Å². The number of rotatable bonds is 4. The van der Waals surface area contributed by atoms with E-state index in [4.69, 9.17) is 4.74 Å². The standard InChI is InChI=1S/C16H28N4O/c1-19(9-3-14-12-18-20(2)13-14)15-4-10-21-16(11-15)5-7-17-8-6-16/h12-13,15,17H,3-11H2,1-2H3. The van der Waals surface area contributed by atoms with Gasteiger partial charge in [-0.3, -0.25) is 4.68 Å². The first-order valence-corrected chi connectivity index (χ1v) is 8.19. The summed E-state index contributed by atoms with van der Waals surface area (Å²) >= 11 is 0. The van der Waals surface area contributed by atoms with E-state index in [1.807, 2.05) is 17.9 Å². The van der Waals surface area contributed by atoms with Crippen LogP contribution in [0.5, 0.6) is 0 Å². The molecule has 2 saturated heterocycles. The fourth-order valence-corrected chi connectivity index (χ4v) is 3.70. The van der Waals surface area contributed by atoms with E-state index in [1.54, 1.807) is 0 Å². The normalized spacial score (nSPS) is 25.6. The number of nitrogens with one attached hydrogen (secondary N) is 1. The SMILES string of the molecule is CN(CCc1cnn(C)c1)C1CCOC2(CCNCC2)C1. The maximum atomic E-state index is 6.17. The topological polar surface area (TPSA) is 42.3 Å². The lowest BCUT2D eigenvalue weighted by atomic mass is 9.82. The van der Waals surface area contributed by atoms with E-state index in [2.05, 4.69) is 28.6 Å². The molecule has 5 heteroatoms. The summed E-state index contributed by atoms with van der Waals surface area (Å²) in [6.07, 6.45) is 9.87. The molecule has 1 unspecified atom stereocenters. The van der Waals surface area contributed by atoms with Crippen molar-refractivity contribution >= 4 is 0 Å². The highest BCUT2D eigenvalue weighted by Gasteiger charge is 2.39. The summed E-state index contributed by atoms with van der Waals surface area (Å²) in [7, 11) is 4.24. The smallest absolute Gasteiger partial charge is 0.0721 e. The molecule has 3 heterocycles. The number of ether oxygens (including phenoxy) is 1. The predicted octanol–water partition coefficient (Wildman–Crippen LogP) is 1.20. The first-order chi connectivity index (χ1) is 10.2. The van der Waals surface area contributed by atoms with Gasteiger partial charge in [0, 0.05) is 32.4 Å². The van der Waals surface area contributed by atoms with E-state index >= 15 is 0 Å². The van der Waals surface area contributed by atoms with E-state index in [1.165, 1.54) is 31.2 Å². The molecule has 1 N–H and O–H groups in total. The van der Waals surface area contributed by atoms with Crippen LogP contribution in [0, 0.1) is 0 Å². The van der Waals surface area contributed by atoms with Crippen LogP contribution in [0.25, 0.3) is 0 Å². The molecule has 118 valence electrons. The second-order valence-corrected chi connectivity index (χ2v) is 6.68. The number of hydrogen-bond acceptors (Lipinski definition) is 4. The van der Waals surface area contributed by atoms with Gasteiger partial charge in [-0.15, -0.1) is 0 Å². The molecular weight excluding hydrogens is 264 g/mol. The first kappa shape index (κ1) is 15.0. The molecule has 1 aromatic rings. The van der Waals surface area contributed by atoms with Gasteiger partial charge in [0.1, 0.15) is 0 Å². The highest BCUT2D eigenvalue weighted by molar-refractivity contribution is 5.04. The second kappa shape index (κ2) is 6.46. The molecule has 2 aliphatic rings. The van der Waals surface area contributed by atoms with Gasteiger partial charge in [0.05, 0.1) is 11.8 Å². The summed E-state index contributed by atoms with van der Waals surface area (Å²) < 4.78 is 8.06. The van der Waals surface area contributed by atoms with Gasteiger partial charge in [0.2, 0.25) is 0 Å². The summed E-state index contributed by atoms with van der Waals surface area (Å²) in [5.74, 6) is 0. The zero-order valence-corrected chi connectivity index (χ0v) is 13.3. The van der Waals surface area contributed by atoms with Crippen molar-refractivity contribution in [1.82, 2.24) is 20.0 Å². The van der Waals surface area contributed by atoms with Crippen molar-refractivity contribution in [2.45, 2.75) is 43.7 Å². The van der Waals surface area contributed by atoms with Gasteiger partial charge >= 0.3 is 0 Å². The zero-order valence-electron chi connectivity index (χ0n) is 13.3. The second-order valence-electron chi connectivity index (χ2n) is 6.68. The molecule has 3 rings (SSSR count). The molecule has 0 saturated carbocycles. The van der Waals surface area contributed by atoms with Crippen LogP contribution in [-0.2, 0) is 18.2 Å². The Hall–Kier alpha value is -0.910. The molecule has 21 heavy (non-hydrogen) atoms. The average Bonchev–Trinajstić information content (AvgIpc) is 2.91. The first-order valence-electron chi connectivity index (χ1n) is 8.19. The quantitative estimate of drug-likeness (QED) is 0.905. The van der Waals surface area contributed by atoms with Gasteiger partial charge in [-0.1, -0.05) is 0 Å². The lowest BCUT2D eigenvalue weighted by Gasteiger charge is -2.46. The van der Waals surface area contributed by atoms with Gasteiger partial charge in [-0.05, 0) is 57.8 Å². The summed E-state index contributed by atoms with van der Waals surface area (Å²) in [6.45, 7) is 4.23. The summed E-state index contributed by atoms with van der Waals surface area (Å²) in [5, 5.41) is 7.69. The average molecular weight is 292 g/mol. The molecular formula is C16H28N4O. The number of likely N-dealkylation sites (N-methyl/N-ethyl adjacent to an activating group) is 1. The summed E-state index contributed by atoms with van der Waals surface area (Å²) in [5.41, 5.74) is 1.48. The molecule has 0 aromatic carbocycles. The lowest BCUT2D eigenvalue weighted by molar-refractivity contribution is -0.118. The van der Waals surface area contributed by atoms with Crippen molar-refractivity contribution in [3.63, 3.8) is 0 Å². The van der Waals surface area contributed by atoms with E-state index in [-0.39, 0.29) is 5.60 Å². The molecule has 1 spiro atoms. The fraction of sp³-hybridized carbons (Fsp3) is 0.812. The number of hydrogen-bond donors (Lipinski definition) is 1.